The molecule has 1 heterocycles. The van der Waals surface area contributed by atoms with Gasteiger partial charge in [0.05, 0.1) is 0 Å². The van der Waals surface area contributed by atoms with E-state index in [0.717, 1.165) is 50.5 Å². The minimum atomic E-state index is -2.49. The van der Waals surface area contributed by atoms with Crippen molar-refractivity contribution in [1.29, 1.82) is 0 Å². The number of para-hydroxylation sites is 2. The summed E-state index contributed by atoms with van der Waals surface area (Å²) in [7, 11) is -5.57. The van der Waals surface area contributed by atoms with Crippen LogP contribution in [0.1, 0.15) is 26.2 Å². The van der Waals surface area contributed by atoms with Gasteiger partial charge < -0.3 is 26.3 Å². The summed E-state index contributed by atoms with van der Waals surface area (Å²) in [6.45, 7) is 15.3. The average Bonchev–Trinajstić information content (AvgIpc) is 2.83. The van der Waals surface area contributed by atoms with Crippen LogP contribution in [-0.4, -0.2) is 61.4 Å². The highest BCUT2D eigenvalue weighted by Gasteiger charge is 2.54. The molecular formula is C28H50N2O4Si4. The molecule has 1 aliphatic heterocycles. The summed E-state index contributed by atoms with van der Waals surface area (Å²) in [4.78, 5) is 4.63. The Morgan fingerprint density at radius 3 is 1.29 bits per heavy atom. The lowest BCUT2D eigenvalue weighted by Gasteiger charge is -2.49. The Balaban J connectivity index is 1.67. The van der Waals surface area contributed by atoms with Gasteiger partial charge in [0.15, 0.2) is 0 Å². The molecule has 2 aromatic rings. The summed E-state index contributed by atoms with van der Waals surface area (Å²) in [5, 5.41) is 0. The second-order valence-electron chi connectivity index (χ2n) is 11.7. The lowest BCUT2D eigenvalue weighted by molar-refractivity contribution is 0.225. The van der Waals surface area contributed by atoms with Crippen LogP contribution in [0.2, 0.25) is 50.9 Å². The fraction of sp³-hybridized carbons (Fsp3) is 0.571. The van der Waals surface area contributed by atoms with Crippen molar-refractivity contribution in [3.05, 3.63) is 60.7 Å². The molecule has 212 valence electrons. The second-order valence-corrected chi connectivity index (χ2v) is 26.0. The lowest BCUT2D eigenvalue weighted by Crippen LogP contribution is -2.66. The van der Waals surface area contributed by atoms with Crippen molar-refractivity contribution in [2.45, 2.75) is 77.1 Å². The predicted octanol–water partition coefficient (Wildman–Crippen LogP) is 7.45. The van der Waals surface area contributed by atoms with E-state index >= 15 is 0 Å². The molecule has 0 aromatic heterocycles. The second kappa shape index (κ2) is 13.4. The number of hydrogen-bond acceptors (Lipinski definition) is 6. The highest BCUT2D eigenvalue weighted by atomic mass is 28.5. The van der Waals surface area contributed by atoms with Gasteiger partial charge in [0, 0.05) is 38.6 Å². The maximum Gasteiger partial charge on any atom is 0.317 e. The van der Waals surface area contributed by atoms with Gasteiger partial charge in [0.1, 0.15) is 0 Å². The van der Waals surface area contributed by atoms with Crippen LogP contribution >= 0.6 is 0 Å². The third-order valence-corrected chi connectivity index (χ3v) is 25.4. The van der Waals surface area contributed by atoms with Crippen LogP contribution in [0.4, 0.5) is 11.4 Å². The SMILES string of the molecule is CCC[Si]1(C)O[Si](C)(CCCN(C)c2ccccc2)O[Si](C)(C)O[Si](C)(CCCN(C)c2ccccc2)O1. The van der Waals surface area contributed by atoms with E-state index in [9.17, 15) is 0 Å². The average molecular weight is 591 g/mol. The van der Waals surface area contributed by atoms with Crippen LogP contribution < -0.4 is 9.80 Å². The monoisotopic (exact) mass is 590 g/mol. The first-order valence-corrected chi connectivity index (χ1v) is 24.6. The zero-order valence-electron chi connectivity index (χ0n) is 25.0. The molecule has 2 atom stereocenters. The normalized spacial score (nSPS) is 27.4. The zero-order chi connectivity index (χ0) is 27.9. The molecule has 0 radical (unpaired) electrons. The summed E-state index contributed by atoms with van der Waals surface area (Å²) >= 11 is 0. The summed E-state index contributed by atoms with van der Waals surface area (Å²) in [5.41, 5.74) is 2.48. The Kier molecular flexibility index (Phi) is 11.0. The van der Waals surface area contributed by atoms with Crippen LogP contribution in [0.3, 0.4) is 0 Å². The number of benzene rings is 2. The molecule has 0 bridgehead atoms. The van der Waals surface area contributed by atoms with E-state index in [1.165, 1.54) is 11.4 Å². The summed E-state index contributed by atoms with van der Waals surface area (Å²) in [6.07, 6.45) is 3.09. The fourth-order valence-corrected chi connectivity index (χ4v) is 28.4. The number of hydrogen-bond donors (Lipinski definition) is 0. The van der Waals surface area contributed by atoms with Crippen LogP contribution in [0.25, 0.3) is 0 Å². The van der Waals surface area contributed by atoms with Crippen LogP contribution in [-0.2, 0) is 16.5 Å². The molecule has 2 unspecified atom stereocenters. The lowest BCUT2D eigenvalue weighted by atomic mass is 10.3. The number of anilines is 2. The largest absolute Gasteiger partial charge is 0.416 e. The first-order chi connectivity index (χ1) is 17.9. The fourth-order valence-electron chi connectivity index (χ4n) is 5.69. The molecule has 1 saturated heterocycles. The van der Waals surface area contributed by atoms with Gasteiger partial charge in [-0.15, -0.1) is 0 Å². The van der Waals surface area contributed by atoms with E-state index in [0.29, 0.717) is 0 Å². The van der Waals surface area contributed by atoms with Gasteiger partial charge in [-0.3, -0.25) is 0 Å². The third-order valence-electron chi connectivity index (χ3n) is 7.13. The van der Waals surface area contributed by atoms with Crippen molar-refractivity contribution in [3.8, 4) is 0 Å². The predicted molar refractivity (Wildman–Crippen MR) is 170 cm³/mol. The molecular weight excluding hydrogens is 541 g/mol. The van der Waals surface area contributed by atoms with Crippen LogP contribution in [0.15, 0.2) is 60.7 Å². The summed E-state index contributed by atoms with van der Waals surface area (Å²) in [6, 6.07) is 24.0. The zero-order valence-corrected chi connectivity index (χ0v) is 29.0. The molecule has 0 aliphatic carbocycles. The van der Waals surface area contributed by atoms with Gasteiger partial charge in [-0.2, -0.15) is 0 Å². The van der Waals surface area contributed by atoms with Crippen molar-refractivity contribution >= 4 is 45.6 Å². The molecule has 3 rings (SSSR count). The van der Waals surface area contributed by atoms with Crippen molar-refractivity contribution in [2.75, 3.05) is 37.0 Å². The Morgan fingerprint density at radius 2 is 0.921 bits per heavy atom. The molecule has 10 heteroatoms. The molecule has 0 amide bonds. The van der Waals surface area contributed by atoms with Gasteiger partial charge in [-0.25, -0.2) is 0 Å². The molecule has 1 fully saturated rings. The summed E-state index contributed by atoms with van der Waals surface area (Å²) in [5.74, 6) is 0. The number of rotatable bonds is 12. The van der Waals surface area contributed by atoms with Gasteiger partial charge in [-0.05, 0) is 88.0 Å². The van der Waals surface area contributed by atoms with E-state index in [2.05, 4.69) is 124 Å². The summed E-state index contributed by atoms with van der Waals surface area (Å²) < 4.78 is 28.2. The van der Waals surface area contributed by atoms with Gasteiger partial charge in [0.25, 0.3) is 0 Å². The molecule has 1 aliphatic rings. The minimum Gasteiger partial charge on any atom is -0.416 e. The first kappa shape index (κ1) is 31.3. The number of nitrogens with zero attached hydrogens (tertiary/aromatic N) is 2. The topological polar surface area (TPSA) is 43.4 Å². The molecule has 38 heavy (non-hydrogen) atoms. The molecule has 0 saturated carbocycles. The van der Waals surface area contributed by atoms with E-state index in [1.54, 1.807) is 0 Å². The van der Waals surface area contributed by atoms with Crippen molar-refractivity contribution < 1.29 is 16.5 Å². The molecule has 0 spiro atoms. The Morgan fingerprint density at radius 1 is 0.553 bits per heavy atom. The van der Waals surface area contributed by atoms with Crippen LogP contribution in [0.5, 0.6) is 0 Å². The van der Waals surface area contributed by atoms with Crippen molar-refractivity contribution in [1.82, 2.24) is 0 Å². The Hall–Kier alpha value is -1.25. The van der Waals surface area contributed by atoms with E-state index in [-0.39, 0.29) is 0 Å². The van der Waals surface area contributed by atoms with Gasteiger partial charge in [-0.1, -0.05) is 49.7 Å². The highest BCUT2D eigenvalue weighted by Crippen LogP contribution is 2.37. The minimum absolute atomic E-state index is 0.944. The van der Waals surface area contributed by atoms with Gasteiger partial charge in [0.2, 0.25) is 0 Å². The van der Waals surface area contributed by atoms with Crippen molar-refractivity contribution in [2.24, 2.45) is 0 Å². The molecule has 0 N–H and O–H groups in total. The van der Waals surface area contributed by atoms with Crippen LogP contribution in [0, 0.1) is 0 Å². The third kappa shape index (κ3) is 9.44. The molecule has 6 nitrogen and oxygen atoms in total. The standard InChI is InChI=1S/C28H50N2O4Si4/c1-9-24-36(6)33-37(7,25-16-22-29(2)27-18-12-10-13-19-27)31-35(4,5)32-38(8,34-36)26-17-23-30(3)28-20-14-11-15-21-28/h10-15,18-21H,9,16-17,22-26H2,1-8H3. The van der Waals surface area contributed by atoms with E-state index in [4.69, 9.17) is 16.5 Å². The maximum atomic E-state index is 7.12. The molecule has 2 aromatic carbocycles. The first-order valence-electron chi connectivity index (χ1n) is 14.2. The quantitative estimate of drug-likeness (QED) is 0.239. The van der Waals surface area contributed by atoms with E-state index < -0.39 is 34.2 Å². The van der Waals surface area contributed by atoms with Crippen molar-refractivity contribution in [3.63, 3.8) is 0 Å². The smallest absolute Gasteiger partial charge is 0.317 e. The van der Waals surface area contributed by atoms with E-state index in [1.807, 2.05) is 0 Å². The highest BCUT2D eigenvalue weighted by molar-refractivity contribution is 6.93. The Bertz CT molecular complexity index is 916. The Labute approximate surface area is 236 Å². The van der Waals surface area contributed by atoms with Gasteiger partial charge >= 0.3 is 34.2 Å². The maximum absolute atomic E-state index is 7.12.